The molecule has 0 fully saturated rings. The second-order valence-corrected chi connectivity index (χ2v) is 3.85. The maximum absolute atomic E-state index is 9.25. The van der Waals surface area contributed by atoms with Crippen molar-refractivity contribution in [1.82, 2.24) is 4.98 Å². The molecule has 1 aromatic heterocycles. The smallest absolute Gasteiger partial charge is 0.107 e. The van der Waals surface area contributed by atoms with E-state index in [1.165, 1.54) is 11.3 Å². The molecule has 1 unspecified atom stereocenters. The topological polar surface area (TPSA) is 56.9 Å². The number of aryl methyl sites for hydroxylation is 1. The molecule has 1 heterocycles. The van der Waals surface area contributed by atoms with Crippen LogP contribution in [0.25, 0.3) is 0 Å². The highest BCUT2D eigenvalue weighted by Crippen LogP contribution is 2.22. The summed E-state index contributed by atoms with van der Waals surface area (Å²) in [4.78, 5) is 5.14. The van der Waals surface area contributed by atoms with Gasteiger partial charge in [0.25, 0.3) is 0 Å². The van der Waals surface area contributed by atoms with Gasteiger partial charge in [-0.25, -0.2) is 4.98 Å². The van der Waals surface area contributed by atoms with Crippen LogP contribution in [0, 0.1) is 18.3 Å². The first kappa shape index (κ1) is 9.17. The highest BCUT2D eigenvalue weighted by molar-refractivity contribution is 7.11. The molecule has 0 radical (unpaired) electrons. The molecule has 0 aliphatic heterocycles. The van der Waals surface area contributed by atoms with Crippen molar-refractivity contribution in [2.24, 2.45) is 0 Å². The summed E-state index contributed by atoms with van der Waals surface area (Å²) in [5.41, 5.74) is 0.699. The predicted octanol–water partition coefficient (Wildman–Crippen LogP) is 1.57. The monoisotopic (exact) mass is 182 g/mol. The summed E-state index contributed by atoms with van der Waals surface area (Å²) in [6, 6.07) is 2.03. The van der Waals surface area contributed by atoms with Crippen molar-refractivity contribution < 1.29 is 5.11 Å². The quantitative estimate of drug-likeness (QED) is 0.755. The molecule has 0 aliphatic carbocycles. The molecule has 4 heteroatoms. The van der Waals surface area contributed by atoms with Gasteiger partial charge < -0.3 is 5.11 Å². The first-order valence-corrected chi connectivity index (χ1v) is 4.48. The standard InChI is InChI=1S/C8H10N2OS/c1-5(11)8-6(2)12-7(10-8)3-4-9/h5,11H,3H2,1-2H3. The van der Waals surface area contributed by atoms with Gasteiger partial charge in [0.1, 0.15) is 5.01 Å². The van der Waals surface area contributed by atoms with Crippen LogP contribution in [-0.2, 0) is 6.42 Å². The zero-order valence-corrected chi connectivity index (χ0v) is 7.85. The Balaban J connectivity index is 2.94. The number of aliphatic hydroxyl groups is 1. The summed E-state index contributed by atoms with van der Waals surface area (Å²) in [7, 11) is 0. The van der Waals surface area contributed by atoms with Crippen molar-refractivity contribution in [2.75, 3.05) is 0 Å². The van der Waals surface area contributed by atoms with Crippen LogP contribution in [0.1, 0.15) is 28.6 Å². The minimum Gasteiger partial charge on any atom is -0.387 e. The van der Waals surface area contributed by atoms with Gasteiger partial charge in [0, 0.05) is 4.88 Å². The van der Waals surface area contributed by atoms with E-state index in [2.05, 4.69) is 4.98 Å². The van der Waals surface area contributed by atoms with E-state index in [1.54, 1.807) is 6.92 Å². The minimum absolute atomic E-state index is 0.332. The zero-order chi connectivity index (χ0) is 9.14. The maximum Gasteiger partial charge on any atom is 0.107 e. The lowest BCUT2D eigenvalue weighted by Gasteiger charge is -1.98. The molecule has 1 atom stereocenters. The maximum atomic E-state index is 9.25. The molecule has 1 rings (SSSR count). The fourth-order valence-electron chi connectivity index (χ4n) is 0.996. The molecule has 0 spiro atoms. The van der Waals surface area contributed by atoms with Crippen LogP contribution in [0.2, 0.25) is 0 Å². The first-order chi connectivity index (χ1) is 5.65. The van der Waals surface area contributed by atoms with Gasteiger partial charge >= 0.3 is 0 Å². The van der Waals surface area contributed by atoms with Crippen LogP contribution < -0.4 is 0 Å². The Morgan fingerprint density at radius 3 is 2.83 bits per heavy atom. The summed E-state index contributed by atoms with van der Waals surface area (Å²) >= 11 is 1.47. The van der Waals surface area contributed by atoms with E-state index in [0.29, 0.717) is 12.1 Å². The molecule has 0 aliphatic rings. The van der Waals surface area contributed by atoms with E-state index in [-0.39, 0.29) is 0 Å². The summed E-state index contributed by atoms with van der Waals surface area (Å²) in [6.07, 6.45) is -0.202. The third-order valence-corrected chi connectivity index (χ3v) is 2.49. The van der Waals surface area contributed by atoms with Gasteiger partial charge in [-0.1, -0.05) is 0 Å². The van der Waals surface area contributed by atoms with Gasteiger partial charge in [-0.15, -0.1) is 11.3 Å². The Morgan fingerprint density at radius 1 is 1.75 bits per heavy atom. The molecule has 0 saturated heterocycles. The van der Waals surface area contributed by atoms with Crippen LogP contribution in [0.4, 0.5) is 0 Å². The van der Waals surface area contributed by atoms with Crippen molar-refractivity contribution in [3.05, 3.63) is 15.6 Å². The molecule has 64 valence electrons. The van der Waals surface area contributed by atoms with Crippen molar-refractivity contribution in [3.63, 3.8) is 0 Å². The van der Waals surface area contributed by atoms with Crippen LogP contribution in [0.15, 0.2) is 0 Å². The first-order valence-electron chi connectivity index (χ1n) is 3.66. The Hall–Kier alpha value is -0.920. The number of aliphatic hydroxyl groups excluding tert-OH is 1. The van der Waals surface area contributed by atoms with E-state index in [1.807, 2.05) is 13.0 Å². The normalized spacial score (nSPS) is 12.5. The van der Waals surface area contributed by atoms with E-state index < -0.39 is 6.10 Å². The van der Waals surface area contributed by atoms with Gasteiger partial charge in [-0.3, -0.25) is 0 Å². The summed E-state index contributed by atoms with van der Waals surface area (Å²) in [6.45, 7) is 3.58. The number of hydrogen-bond donors (Lipinski definition) is 1. The lowest BCUT2D eigenvalue weighted by Crippen LogP contribution is -1.93. The fraction of sp³-hybridized carbons (Fsp3) is 0.500. The highest BCUT2D eigenvalue weighted by atomic mass is 32.1. The van der Waals surface area contributed by atoms with E-state index >= 15 is 0 Å². The van der Waals surface area contributed by atoms with E-state index in [0.717, 1.165) is 9.88 Å². The molecule has 3 nitrogen and oxygen atoms in total. The largest absolute Gasteiger partial charge is 0.387 e. The lowest BCUT2D eigenvalue weighted by molar-refractivity contribution is 0.194. The third-order valence-electron chi connectivity index (χ3n) is 1.50. The van der Waals surface area contributed by atoms with Crippen molar-refractivity contribution in [3.8, 4) is 6.07 Å². The molecular formula is C8H10N2OS. The van der Waals surface area contributed by atoms with Crippen LogP contribution >= 0.6 is 11.3 Å². The van der Waals surface area contributed by atoms with Crippen molar-refractivity contribution in [1.29, 1.82) is 5.26 Å². The Morgan fingerprint density at radius 2 is 2.42 bits per heavy atom. The molecule has 0 aromatic carbocycles. The number of thiazole rings is 1. The van der Waals surface area contributed by atoms with Gasteiger partial charge in [-0.05, 0) is 13.8 Å². The van der Waals surface area contributed by atoms with Crippen LogP contribution in [0.3, 0.4) is 0 Å². The van der Waals surface area contributed by atoms with Gasteiger partial charge in [0.2, 0.25) is 0 Å². The predicted molar refractivity (Wildman–Crippen MR) is 46.8 cm³/mol. The SMILES string of the molecule is Cc1sc(CC#N)nc1C(C)O. The number of nitriles is 1. The molecule has 1 N–H and O–H groups in total. The van der Waals surface area contributed by atoms with Crippen molar-refractivity contribution in [2.45, 2.75) is 26.4 Å². The van der Waals surface area contributed by atoms with Crippen LogP contribution in [-0.4, -0.2) is 10.1 Å². The molecule has 0 amide bonds. The van der Waals surface area contributed by atoms with E-state index in [9.17, 15) is 5.11 Å². The molecule has 1 aromatic rings. The van der Waals surface area contributed by atoms with Crippen molar-refractivity contribution >= 4 is 11.3 Å². The number of aromatic nitrogens is 1. The second-order valence-electron chi connectivity index (χ2n) is 2.56. The Bertz CT molecular complexity index is 311. The molecular weight excluding hydrogens is 172 g/mol. The average Bonchev–Trinajstić information content (AvgIpc) is 2.32. The number of hydrogen-bond acceptors (Lipinski definition) is 4. The van der Waals surface area contributed by atoms with Gasteiger partial charge in [0.05, 0.1) is 24.3 Å². The Labute approximate surface area is 75.3 Å². The van der Waals surface area contributed by atoms with E-state index in [4.69, 9.17) is 5.26 Å². The average molecular weight is 182 g/mol. The number of rotatable bonds is 2. The highest BCUT2D eigenvalue weighted by Gasteiger charge is 2.11. The number of nitrogens with zero attached hydrogens (tertiary/aromatic N) is 2. The van der Waals surface area contributed by atoms with Gasteiger partial charge in [0.15, 0.2) is 0 Å². The fourth-order valence-corrected chi connectivity index (χ4v) is 1.95. The summed E-state index contributed by atoms with van der Waals surface area (Å²) in [5, 5.41) is 18.4. The summed E-state index contributed by atoms with van der Waals surface area (Å²) in [5.74, 6) is 0. The molecule has 0 saturated carbocycles. The zero-order valence-electron chi connectivity index (χ0n) is 7.03. The second kappa shape index (κ2) is 3.65. The van der Waals surface area contributed by atoms with Crippen LogP contribution in [0.5, 0.6) is 0 Å². The molecule has 0 bridgehead atoms. The molecule has 12 heavy (non-hydrogen) atoms. The minimum atomic E-state index is -0.534. The van der Waals surface area contributed by atoms with Gasteiger partial charge in [-0.2, -0.15) is 5.26 Å². The Kier molecular flexibility index (Phi) is 2.79. The lowest BCUT2D eigenvalue weighted by atomic mass is 10.2. The summed E-state index contributed by atoms with van der Waals surface area (Å²) < 4.78 is 0. The third kappa shape index (κ3) is 1.81.